The largest absolute Gasteiger partial charge is 0.467 e. The number of anilines is 4. The van der Waals surface area contributed by atoms with Crippen LogP contribution < -0.4 is 42.7 Å². The van der Waals surface area contributed by atoms with Crippen LogP contribution in [0.15, 0.2) is 131 Å². The molecule has 74 heavy (non-hydrogen) atoms. The van der Waals surface area contributed by atoms with Gasteiger partial charge in [-0.25, -0.2) is 19.0 Å². The molecule has 0 radical (unpaired) electrons. The van der Waals surface area contributed by atoms with E-state index in [1.165, 1.54) is 38.5 Å². The number of carbonyl (C=O) groups is 5. The first-order valence-electron chi connectivity index (χ1n) is 22.4. The van der Waals surface area contributed by atoms with Crippen LogP contribution in [0.4, 0.5) is 22.7 Å². The molecule has 0 unspecified atom stereocenters. The number of hydrogen-bond acceptors (Lipinski definition) is 12. The number of methoxy groups -OCH3 is 2. The summed E-state index contributed by atoms with van der Waals surface area (Å²) < 4.78 is 10.8. The summed E-state index contributed by atoms with van der Waals surface area (Å²) in [6.45, 7) is 0. The van der Waals surface area contributed by atoms with Crippen LogP contribution in [0.5, 0.6) is 0 Å². The van der Waals surface area contributed by atoms with Crippen molar-refractivity contribution >= 4 is 110 Å². The Morgan fingerprint density at radius 2 is 1.05 bits per heavy atom. The number of nitrogens with two attached hydrogens (primary N) is 1. The van der Waals surface area contributed by atoms with Crippen molar-refractivity contribution in [1.82, 2.24) is 20.2 Å². The lowest BCUT2D eigenvalue weighted by Gasteiger charge is -2.18. The molecule has 6 aromatic carbocycles. The molecule has 0 saturated carbocycles. The first-order chi connectivity index (χ1) is 35.2. The average Bonchev–Trinajstić information content (AvgIpc) is 3.36. The molecule has 21 heteroatoms. The topological polar surface area (TPSA) is 227 Å². The number of fused-ring (bicyclic) bond motifs is 1. The van der Waals surface area contributed by atoms with E-state index >= 15 is 0 Å². The molecule has 384 valence electrons. The predicted molar refractivity (Wildman–Crippen MR) is 291 cm³/mol. The number of nitrogens with zero attached hydrogens (tertiary/aromatic N) is 3. The van der Waals surface area contributed by atoms with Crippen molar-refractivity contribution in [2.45, 2.75) is 24.9 Å². The minimum Gasteiger partial charge on any atom is -0.467 e. The molecule has 17 nitrogen and oxygen atoms in total. The molecule has 0 spiro atoms. The third-order valence-electron chi connectivity index (χ3n) is 11.4. The minimum atomic E-state index is -1.04. The molecule has 7 rings (SSSR count). The lowest BCUT2D eigenvalue weighted by atomic mass is 10.0. The van der Waals surface area contributed by atoms with Gasteiger partial charge in [-0.1, -0.05) is 82.8 Å². The number of aromatic nitrogens is 2. The number of nitrogen functional groups attached to an aromatic ring is 1. The molecule has 3 amide bonds. The van der Waals surface area contributed by atoms with Gasteiger partial charge >= 0.3 is 17.6 Å². The number of hydrogen-bond donors (Lipinski definition) is 5. The van der Waals surface area contributed by atoms with Crippen molar-refractivity contribution in [3.63, 3.8) is 0 Å². The van der Waals surface area contributed by atoms with E-state index in [0.717, 1.165) is 21.5 Å². The maximum absolute atomic E-state index is 13.2. The zero-order valence-electron chi connectivity index (χ0n) is 40.7. The van der Waals surface area contributed by atoms with Crippen molar-refractivity contribution in [2.75, 3.05) is 63.3 Å². The highest BCUT2D eigenvalue weighted by Gasteiger charge is 2.27. The highest BCUT2D eigenvalue weighted by atomic mass is 35.5. The molecule has 0 saturated heterocycles. The maximum atomic E-state index is 13.2. The Labute approximate surface area is 445 Å². The molecular formula is C53H50Cl4N8O9. The quantitative estimate of drug-likeness (QED) is 0.0487. The van der Waals surface area contributed by atoms with Crippen LogP contribution >= 0.6 is 46.4 Å². The number of ether oxygens (including phenoxy) is 2. The van der Waals surface area contributed by atoms with Crippen LogP contribution in [0.25, 0.3) is 16.6 Å². The summed E-state index contributed by atoms with van der Waals surface area (Å²) in [4.78, 5) is 95.6. The van der Waals surface area contributed by atoms with Crippen molar-refractivity contribution in [2.24, 2.45) is 0 Å². The van der Waals surface area contributed by atoms with Gasteiger partial charge in [-0.2, -0.15) is 0 Å². The number of aromatic amines is 1. The Morgan fingerprint density at radius 1 is 0.608 bits per heavy atom. The van der Waals surface area contributed by atoms with Gasteiger partial charge in [-0.3, -0.25) is 19.2 Å². The third kappa shape index (κ3) is 13.4. The van der Waals surface area contributed by atoms with Crippen molar-refractivity contribution in [3.05, 3.63) is 190 Å². The first kappa shape index (κ1) is 55.5. The second-order valence-corrected chi connectivity index (χ2v) is 18.5. The van der Waals surface area contributed by atoms with Crippen LogP contribution in [0.3, 0.4) is 0 Å². The highest BCUT2D eigenvalue weighted by molar-refractivity contribution is 6.40. The monoisotopic (exact) mass is 1080 g/mol. The summed E-state index contributed by atoms with van der Waals surface area (Å²) in [6, 6.07) is 31.1. The fourth-order valence-electron chi connectivity index (χ4n) is 7.47. The number of amides is 3. The molecule has 0 fully saturated rings. The van der Waals surface area contributed by atoms with Gasteiger partial charge in [0.1, 0.15) is 12.1 Å². The van der Waals surface area contributed by atoms with Crippen LogP contribution in [0.1, 0.15) is 42.2 Å². The number of esters is 2. The minimum absolute atomic E-state index is 0.0485. The average molecular weight is 1080 g/mol. The van der Waals surface area contributed by atoms with E-state index in [-0.39, 0.29) is 50.0 Å². The zero-order valence-corrected chi connectivity index (χ0v) is 43.7. The zero-order chi connectivity index (χ0) is 54.0. The summed E-state index contributed by atoms with van der Waals surface area (Å²) in [5.74, 6) is -2.86. The molecule has 6 N–H and O–H groups in total. The summed E-state index contributed by atoms with van der Waals surface area (Å²) in [5.41, 5.74) is 10.2. The van der Waals surface area contributed by atoms with Gasteiger partial charge in [0.15, 0.2) is 0 Å². The molecule has 0 aliphatic heterocycles. The fourth-order valence-corrected chi connectivity index (χ4v) is 8.61. The SMILES string of the molecule is COC(=O)[C@H](Cc1ccc(-n2c(=O)[nH]c3ccc(N(C)C)cc3c2=O)cc1)NC(=O)c1c(Cl)cccc1Cl.COC(=O)[C@H](Cc1ccc(NC(=O)c2cc(N(C)C)ccc2N)cc1)NC(=O)c1c(Cl)cccc1Cl. The van der Waals surface area contributed by atoms with Crippen LogP contribution in [0, 0.1) is 0 Å². The van der Waals surface area contributed by atoms with Gasteiger partial charge in [0.2, 0.25) is 0 Å². The molecule has 2 atom stereocenters. The normalized spacial score (nSPS) is 11.5. The van der Waals surface area contributed by atoms with Crippen LogP contribution in [-0.4, -0.2) is 93.7 Å². The second-order valence-electron chi connectivity index (χ2n) is 16.9. The first-order valence-corrected chi connectivity index (χ1v) is 23.9. The lowest BCUT2D eigenvalue weighted by Crippen LogP contribution is -2.43. The van der Waals surface area contributed by atoms with E-state index in [1.54, 1.807) is 84.9 Å². The van der Waals surface area contributed by atoms with E-state index in [2.05, 4.69) is 20.9 Å². The van der Waals surface area contributed by atoms with Gasteiger partial charge in [0, 0.05) is 63.8 Å². The van der Waals surface area contributed by atoms with Crippen LogP contribution in [0.2, 0.25) is 20.1 Å². The Hall–Kier alpha value is -7.83. The Kier molecular flexibility index (Phi) is 18.5. The molecular weight excluding hydrogens is 1030 g/mol. The maximum Gasteiger partial charge on any atom is 0.333 e. The van der Waals surface area contributed by atoms with Gasteiger partial charge in [-0.15, -0.1) is 0 Å². The van der Waals surface area contributed by atoms with E-state index in [4.69, 9.17) is 61.6 Å². The van der Waals surface area contributed by atoms with E-state index in [9.17, 15) is 33.6 Å². The fraction of sp³-hybridized carbons (Fsp3) is 0.189. The lowest BCUT2D eigenvalue weighted by molar-refractivity contribution is -0.143. The molecule has 7 aromatic rings. The van der Waals surface area contributed by atoms with E-state index in [1.807, 2.05) is 50.1 Å². The number of nitrogens with one attached hydrogen (secondary N) is 4. The summed E-state index contributed by atoms with van der Waals surface area (Å²) in [7, 11) is 9.92. The third-order valence-corrected chi connectivity index (χ3v) is 12.7. The summed E-state index contributed by atoms with van der Waals surface area (Å²) >= 11 is 24.5. The Morgan fingerprint density at radius 3 is 1.51 bits per heavy atom. The number of halogens is 4. The summed E-state index contributed by atoms with van der Waals surface area (Å²) in [6.07, 6.45) is 0.225. The Balaban J connectivity index is 0.000000241. The predicted octanol–water partition coefficient (Wildman–Crippen LogP) is 7.97. The number of carbonyl (C=O) groups excluding carboxylic acids is 5. The highest BCUT2D eigenvalue weighted by Crippen LogP contribution is 2.27. The second kappa shape index (κ2) is 24.7. The number of H-pyrrole nitrogens is 1. The molecule has 1 aromatic heterocycles. The molecule has 0 aliphatic carbocycles. The van der Waals surface area contributed by atoms with Gasteiger partial charge < -0.3 is 45.9 Å². The van der Waals surface area contributed by atoms with Gasteiger partial charge in [0.25, 0.3) is 23.3 Å². The van der Waals surface area contributed by atoms with Gasteiger partial charge in [0.05, 0.1) is 67.6 Å². The van der Waals surface area contributed by atoms with E-state index in [0.29, 0.717) is 39.1 Å². The standard InChI is InChI=1S/C27H24Cl2N4O5.C26H26Cl2N4O4/c1-32(2)17-11-12-21-18(14-17)25(35)33(27(37)31-21)16-9-7-15(8-10-16)13-22(26(36)38-3)30-24(34)23-19(28)5-4-6-20(23)29;1-32(2)17-11-12-21(29)18(14-17)24(33)30-16-9-7-15(8-10-16)13-22(26(35)36-3)31-25(34)23-19(27)5-4-6-20(23)28/h4-12,14,22H,13H2,1-3H3,(H,30,34)(H,31,37);4-12,14,22H,13,29H2,1-3H3,(H,30,33)(H,31,34)/t2*22-/m00/s1. The van der Waals surface area contributed by atoms with Crippen molar-refractivity contribution < 1.29 is 33.4 Å². The van der Waals surface area contributed by atoms with Gasteiger partial charge in [-0.05, 0) is 96.1 Å². The van der Waals surface area contributed by atoms with Crippen molar-refractivity contribution in [3.8, 4) is 5.69 Å². The molecule has 0 bridgehead atoms. The van der Waals surface area contributed by atoms with Crippen molar-refractivity contribution in [1.29, 1.82) is 0 Å². The Bertz CT molecular complexity index is 3320. The molecule has 0 aliphatic rings. The van der Waals surface area contributed by atoms with Crippen LogP contribution in [-0.2, 0) is 31.9 Å². The molecule has 1 heterocycles. The number of rotatable bonds is 15. The summed E-state index contributed by atoms with van der Waals surface area (Å²) in [5, 5.41) is 9.06. The smallest absolute Gasteiger partial charge is 0.333 e. The van der Waals surface area contributed by atoms with E-state index < -0.39 is 47.1 Å². The number of benzene rings is 6.